The second-order valence-corrected chi connectivity index (χ2v) is 5.14. The molecule has 4 nitrogen and oxygen atoms in total. The molecule has 0 spiro atoms. The molecule has 0 amide bonds. The summed E-state index contributed by atoms with van der Waals surface area (Å²) in [6.07, 6.45) is 0. The topological polar surface area (TPSA) is 58.6 Å². The van der Waals surface area contributed by atoms with Crippen LogP contribution < -0.4 is 10.1 Å². The first-order valence-corrected chi connectivity index (χ1v) is 6.88. The largest absolute Gasteiger partial charge is 0.480 e. The van der Waals surface area contributed by atoms with E-state index in [-0.39, 0.29) is 5.92 Å². The van der Waals surface area contributed by atoms with Crippen LogP contribution in [-0.2, 0) is 4.79 Å². The lowest BCUT2D eigenvalue weighted by atomic mass is 10.0. The fourth-order valence-electron chi connectivity index (χ4n) is 1.94. The van der Waals surface area contributed by atoms with Crippen LogP contribution in [0.1, 0.15) is 13.8 Å². The zero-order valence-corrected chi connectivity index (χ0v) is 12.1. The van der Waals surface area contributed by atoms with Crippen LogP contribution in [0.5, 0.6) is 11.5 Å². The summed E-state index contributed by atoms with van der Waals surface area (Å²) >= 11 is 0. The van der Waals surface area contributed by atoms with E-state index in [4.69, 9.17) is 9.84 Å². The molecule has 0 heterocycles. The van der Waals surface area contributed by atoms with Gasteiger partial charge >= 0.3 is 5.97 Å². The summed E-state index contributed by atoms with van der Waals surface area (Å²) in [6.45, 7) is 3.75. The second-order valence-electron chi connectivity index (χ2n) is 5.14. The van der Waals surface area contributed by atoms with Crippen molar-refractivity contribution in [3.8, 4) is 11.5 Å². The Hall–Kier alpha value is -2.49. The molecule has 4 heteroatoms. The van der Waals surface area contributed by atoms with Gasteiger partial charge in [0.15, 0.2) is 0 Å². The van der Waals surface area contributed by atoms with E-state index >= 15 is 0 Å². The van der Waals surface area contributed by atoms with Crippen molar-refractivity contribution in [3.05, 3.63) is 54.6 Å². The maximum absolute atomic E-state index is 11.2. The Bertz CT molecular complexity index is 579. The normalized spacial score (nSPS) is 12.0. The highest BCUT2D eigenvalue weighted by Gasteiger charge is 2.20. The molecule has 110 valence electrons. The van der Waals surface area contributed by atoms with Crippen molar-refractivity contribution in [3.63, 3.8) is 0 Å². The molecule has 2 aromatic rings. The van der Waals surface area contributed by atoms with Gasteiger partial charge in [0.2, 0.25) is 0 Å². The Labute approximate surface area is 124 Å². The van der Waals surface area contributed by atoms with Crippen molar-refractivity contribution in [2.24, 2.45) is 5.92 Å². The number of hydrogen-bond acceptors (Lipinski definition) is 3. The molecule has 0 fully saturated rings. The van der Waals surface area contributed by atoms with Crippen LogP contribution in [-0.4, -0.2) is 17.1 Å². The number of aliphatic carboxylic acids is 1. The van der Waals surface area contributed by atoms with E-state index in [0.717, 1.165) is 11.4 Å². The molecule has 21 heavy (non-hydrogen) atoms. The van der Waals surface area contributed by atoms with E-state index in [0.29, 0.717) is 5.75 Å². The van der Waals surface area contributed by atoms with Gasteiger partial charge in [0.25, 0.3) is 0 Å². The Kier molecular flexibility index (Phi) is 4.82. The van der Waals surface area contributed by atoms with E-state index in [9.17, 15) is 4.79 Å². The number of hydrogen-bond donors (Lipinski definition) is 2. The van der Waals surface area contributed by atoms with Crippen LogP contribution in [0.15, 0.2) is 54.6 Å². The van der Waals surface area contributed by atoms with Crippen LogP contribution in [0, 0.1) is 5.92 Å². The minimum atomic E-state index is -0.852. The first-order valence-electron chi connectivity index (χ1n) is 6.88. The van der Waals surface area contributed by atoms with Crippen molar-refractivity contribution in [2.75, 3.05) is 5.32 Å². The van der Waals surface area contributed by atoms with E-state index in [1.165, 1.54) is 0 Å². The number of para-hydroxylation sites is 1. The molecule has 0 aromatic heterocycles. The molecule has 0 aliphatic heterocycles. The van der Waals surface area contributed by atoms with Gasteiger partial charge in [0, 0.05) is 5.69 Å². The van der Waals surface area contributed by atoms with Gasteiger partial charge in [0.1, 0.15) is 17.5 Å². The molecule has 0 saturated heterocycles. The number of rotatable bonds is 6. The molecular formula is C17H19NO3. The number of carbonyl (C=O) groups is 1. The first kappa shape index (κ1) is 14.9. The molecule has 0 saturated carbocycles. The minimum Gasteiger partial charge on any atom is -0.480 e. The Morgan fingerprint density at radius 1 is 1.00 bits per heavy atom. The quantitative estimate of drug-likeness (QED) is 0.842. The van der Waals surface area contributed by atoms with Crippen LogP contribution in [0.2, 0.25) is 0 Å². The van der Waals surface area contributed by atoms with E-state index in [1.54, 1.807) is 0 Å². The molecule has 0 bridgehead atoms. The predicted octanol–water partition coefficient (Wildman–Crippen LogP) is 4.00. The summed E-state index contributed by atoms with van der Waals surface area (Å²) in [7, 11) is 0. The Morgan fingerprint density at radius 3 is 2.10 bits per heavy atom. The zero-order valence-electron chi connectivity index (χ0n) is 12.1. The fourth-order valence-corrected chi connectivity index (χ4v) is 1.94. The second kappa shape index (κ2) is 6.79. The van der Waals surface area contributed by atoms with Crippen molar-refractivity contribution in [1.82, 2.24) is 0 Å². The number of carboxylic acids is 1. The highest BCUT2D eigenvalue weighted by atomic mass is 16.5. The average Bonchev–Trinajstić information content (AvgIpc) is 2.47. The van der Waals surface area contributed by atoms with Crippen molar-refractivity contribution < 1.29 is 14.6 Å². The summed E-state index contributed by atoms with van der Waals surface area (Å²) in [6, 6.07) is 16.2. The third-order valence-electron chi connectivity index (χ3n) is 3.09. The Balaban J connectivity index is 2.03. The smallest absolute Gasteiger partial charge is 0.326 e. The van der Waals surface area contributed by atoms with Crippen LogP contribution in [0.3, 0.4) is 0 Å². The summed E-state index contributed by atoms with van der Waals surface area (Å²) in [5.74, 6) is 0.629. The van der Waals surface area contributed by atoms with Gasteiger partial charge in [0.05, 0.1) is 0 Å². The lowest BCUT2D eigenvalue weighted by Crippen LogP contribution is -2.34. The molecule has 0 radical (unpaired) electrons. The molecular weight excluding hydrogens is 266 g/mol. The lowest BCUT2D eigenvalue weighted by Gasteiger charge is -2.19. The minimum absolute atomic E-state index is 0.00254. The van der Waals surface area contributed by atoms with Gasteiger partial charge in [-0.3, -0.25) is 0 Å². The van der Waals surface area contributed by atoms with Gasteiger partial charge in [-0.1, -0.05) is 32.0 Å². The summed E-state index contributed by atoms with van der Waals surface area (Å²) < 4.78 is 5.69. The maximum Gasteiger partial charge on any atom is 0.326 e. The fraction of sp³-hybridized carbons (Fsp3) is 0.235. The van der Waals surface area contributed by atoms with Gasteiger partial charge in [-0.05, 0) is 42.3 Å². The van der Waals surface area contributed by atoms with Gasteiger partial charge in [-0.25, -0.2) is 4.79 Å². The summed E-state index contributed by atoms with van der Waals surface area (Å²) in [5.41, 5.74) is 0.761. The maximum atomic E-state index is 11.2. The van der Waals surface area contributed by atoms with Crippen LogP contribution in [0.4, 0.5) is 5.69 Å². The summed E-state index contributed by atoms with van der Waals surface area (Å²) in [4.78, 5) is 11.2. The zero-order chi connectivity index (χ0) is 15.2. The van der Waals surface area contributed by atoms with Crippen LogP contribution >= 0.6 is 0 Å². The highest BCUT2D eigenvalue weighted by Crippen LogP contribution is 2.23. The standard InChI is InChI=1S/C17H19NO3/c1-12(2)16(17(19)20)18-13-8-10-15(11-9-13)21-14-6-4-3-5-7-14/h3-12,16,18H,1-2H3,(H,19,20). The third kappa shape index (κ3) is 4.24. The molecule has 1 atom stereocenters. The van der Waals surface area contributed by atoms with E-state index in [1.807, 2.05) is 68.4 Å². The van der Waals surface area contributed by atoms with Gasteiger partial charge in [-0.15, -0.1) is 0 Å². The SMILES string of the molecule is CC(C)C(Nc1ccc(Oc2ccccc2)cc1)C(=O)O. The molecule has 2 N–H and O–H groups in total. The number of anilines is 1. The molecule has 0 aliphatic carbocycles. The average molecular weight is 285 g/mol. The molecule has 2 rings (SSSR count). The number of nitrogens with one attached hydrogen (secondary N) is 1. The van der Waals surface area contributed by atoms with E-state index < -0.39 is 12.0 Å². The molecule has 2 aromatic carbocycles. The van der Waals surface area contributed by atoms with Gasteiger partial charge in [-0.2, -0.15) is 0 Å². The predicted molar refractivity (Wildman–Crippen MR) is 82.8 cm³/mol. The first-order chi connectivity index (χ1) is 10.1. The monoisotopic (exact) mass is 285 g/mol. The molecule has 0 aliphatic rings. The molecule has 1 unspecified atom stereocenters. The number of benzene rings is 2. The lowest BCUT2D eigenvalue weighted by molar-refractivity contribution is -0.138. The van der Waals surface area contributed by atoms with Gasteiger partial charge < -0.3 is 15.2 Å². The number of carboxylic acid groups (broad SMARTS) is 1. The van der Waals surface area contributed by atoms with Crippen molar-refractivity contribution in [1.29, 1.82) is 0 Å². The Morgan fingerprint density at radius 2 is 1.57 bits per heavy atom. The highest BCUT2D eigenvalue weighted by molar-refractivity contribution is 5.77. The third-order valence-corrected chi connectivity index (χ3v) is 3.09. The summed E-state index contributed by atoms with van der Waals surface area (Å²) in [5, 5.41) is 12.2. The van der Waals surface area contributed by atoms with Crippen LogP contribution in [0.25, 0.3) is 0 Å². The van der Waals surface area contributed by atoms with Crippen molar-refractivity contribution in [2.45, 2.75) is 19.9 Å². The van der Waals surface area contributed by atoms with E-state index in [2.05, 4.69) is 5.32 Å². The van der Waals surface area contributed by atoms with Crippen molar-refractivity contribution >= 4 is 11.7 Å². The number of ether oxygens (including phenoxy) is 1.